The molecule has 6 nitrogen and oxygen atoms in total. The molecule has 128 valence electrons. The maximum atomic E-state index is 13.8. The van der Waals surface area contributed by atoms with Crippen molar-refractivity contribution in [2.24, 2.45) is 0 Å². The van der Waals surface area contributed by atoms with Crippen LogP contribution in [0.1, 0.15) is 24.8 Å². The molecule has 1 aromatic heterocycles. The maximum absolute atomic E-state index is 13.8. The molecule has 1 aromatic carbocycles. The van der Waals surface area contributed by atoms with Crippen molar-refractivity contribution in [1.29, 1.82) is 0 Å². The zero-order chi connectivity index (χ0) is 17.0. The van der Waals surface area contributed by atoms with E-state index < -0.39 is 5.60 Å². The van der Waals surface area contributed by atoms with Crippen LogP contribution in [0, 0.1) is 5.82 Å². The molecule has 0 aliphatic carbocycles. The highest BCUT2D eigenvalue weighted by molar-refractivity contribution is 5.76. The maximum Gasteiger partial charge on any atom is 0.224 e. The number of likely N-dealkylation sites (tertiary alicyclic amines) is 1. The summed E-state index contributed by atoms with van der Waals surface area (Å²) in [6.45, 7) is 1.47. The van der Waals surface area contributed by atoms with Crippen molar-refractivity contribution in [2.75, 3.05) is 13.1 Å². The van der Waals surface area contributed by atoms with Crippen LogP contribution >= 0.6 is 0 Å². The number of carbonyl (C=O) groups excluding carboxylic acids is 1. The van der Waals surface area contributed by atoms with Crippen LogP contribution < -0.4 is 0 Å². The summed E-state index contributed by atoms with van der Waals surface area (Å²) in [5.74, 6) is -0.254. The number of benzene rings is 1. The lowest BCUT2D eigenvalue weighted by atomic mass is 9.85. The fourth-order valence-corrected chi connectivity index (χ4v) is 3.06. The molecule has 1 saturated heterocycles. The fraction of sp³-hybridized carbons (Fsp3) is 0.471. The fourth-order valence-electron chi connectivity index (χ4n) is 3.06. The number of aromatic nitrogens is 3. The van der Waals surface area contributed by atoms with Gasteiger partial charge in [0.05, 0.1) is 12.1 Å². The molecule has 3 rings (SSSR count). The summed E-state index contributed by atoms with van der Waals surface area (Å²) in [6, 6.07) is 6.51. The molecule has 0 atom stereocenters. The van der Waals surface area contributed by atoms with E-state index >= 15 is 0 Å². The van der Waals surface area contributed by atoms with Gasteiger partial charge in [-0.25, -0.2) is 9.37 Å². The van der Waals surface area contributed by atoms with Gasteiger partial charge in [0.1, 0.15) is 18.5 Å². The lowest BCUT2D eigenvalue weighted by molar-refractivity contribution is -0.135. The van der Waals surface area contributed by atoms with Crippen LogP contribution in [0.2, 0.25) is 0 Å². The van der Waals surface area contributed by atoms with Gasteiger partial charge in [-0.1, -0.05) is 18.2 Å². The first kappa shape index (κ1) is 16.6. The summed E-state index contributed by atoms with van der Waals surface area (Å²) < 4.78 is 15.4. The van der Waals surface area contributed by atoms with Crippen LogP contribution in [0.25, 0.3) is 0 Å². The van der Waals surface area contributed by atoms with Gasteiger partial charge < -0.3 is 10.0 Å². The molecule has 1 amide bonds. The van der Waals surface area contributed by atoms with Crippen molar-refractivity contribution >= 4 is 5.91 Å². The van der Waals surface area contributed by atoms with Crippen molar-refractivity contribution < 1.29 is 14.3 Å². The van der Waals surface area contributed by atoms with Gasteiger partial charge in [-0.3, -0.25) is 9.48 Å². The van der Waals surface area contributed by atoms with Crippen LogP contribution in [0.15, 0.2) is 36.9 Å². The Kier molecular flexibility index (Phi) is 4.89. The van der Waals surface area contributed by atoms with E-state index in [2.05, 4.69) is 10.1 Å². The van der Waals surface area contributed by atoms with Gasteiger partial charge in [0.2, 0.25) is 5.91 Å². The molecule has 7 heteroatoms. The van der Waals surface area contributed by atoms with E-state index in [0.717, 1.165) is 0 Å². The minimum atomic E-state index is -0.953. The number of hydrogen-bond acceptors (Lipinski definition) is 4. The third kappa shape index (κ3) is 3.97. The van der Waals surface area contributed by atoms with E-state index in [0.29, 0.717) is 44.5 Å². The highest BCUT2D eigenvalue weighted by Gasteiger charge is 2.34. The van der Waals surface area contributed by atoms with Gasteiger partial charge in [0.15, 0.2) is 0 Å². The second kappa shape index (κ2) is 7.09. The van der Waals surface area contributed by atoms with Crippen LogP contribution in [0.5, 0.6) is 0 Å². The molecule has 1 N–H and O–H groups in total. The number of hydrogen-bond donors (Lipinski definition) is 1. The van der Waals surface area contributed by atoms with E-state index in [-0.39, 0.29) is 18.1 Å². The second-order valence-corrected chi connectivity index (χ2v) is 6.28. The van der Waals surface area contributed by atoms with Crippen LogP contribution in [0.4, 0.5) is 4.39 Å². The highest BCUT2D eigenvalue weighted by atomic mass is 19.1. The predicted molar refractivity (Wildman–Crippen MR) is 85.5 cm³/mol. The van der Waals surface area contributed by atoms with E-state index in [1.165, 1.54) is 12.4 Å². The molecule has 0 saturated carbocycles. The number of amides is 1. The zero-order valence-corrected chi connectivity index (χ0v) is 13.4. The Bertz CT molecular complexity index is 682. The van der Waals surface area contributed by atoms with Gasteiger partial charge >= 0.3 is 0 Å². The molecular weight excluding hydrogens is 311 g/mol. The Morgan fingerprint density at radius 2 is 2.04 bits per heavy atom. The summed E-state index contributed by atoms with van der Waals surface area (Å²) in [7, 11) is 0. The molecule has 0 unspecified atom stereocenters. The molecular formula is C17H21FN4O2. The molecule has 0 spiro atoms. The zero-order valence-electron chi connectivity index (χ0n) is 13.4. The van der Waals surface area contributed by atoms with Crippen molar-refractivity contribution in [3.63, 3.8) is 0 Å². The average molecular weight is 332 g/mol. The number of aryl methyl sites for hydroxylation is 1. The van der Waals surface area contributed by atoms with Crippen molar-refractivity contribution in [2.45, 2.75) is 37.8 Å². The van der Waals surface area contributed by atoms with Crippen molar-refractivity contribution in [3.8, 4) is 0 Å². The Labute approximate surface area is 139 Å². The normalized spacial score (nSPS) is 17.0. The topological polar surface area (TPSA) is 71.2 Å². The lowest BCUT2D eigenvalue weighted by Gasteiger charge is -2.38. The minimum Gasteiger partial charge on any atom is -0.389 e. The van der Waals surface area contributed by atoms with Crippen molar-refractivity contribution in [3.05, 3.63) is 48.3 Å². The highest BCUT2D eigenvalue weighted by Crippen LogP contribution is 2.27. The van der Waals surface area contributed by atoms with Gasteiger partial charge in [0, 0.05) is 25.9 Å². The quantitative estimate of drug-likeness (QED) is 0.898. The third-order valence-electron chi connectivity index (χ3n) is 4.55. The standard InChI is InChI=1S/C17H21FN4O2/c18-15-4-2-1-3-14(15)11-17(24)6-9-21(10-7-17)16(23)5-8-22-13-19-12-20-22/h1-4,12-13,24H,5-11H2. The molecule has 1 aliphatic rings. The first-order valence-corrected chi connectivity index (χ1v) is 8.12. The second-order valence-electron chi connectivity index (χ2n) is 6.28. The number of rotatable bonds is 5. The molecule has 1 fully saturated rings. The van der Waals surface area contributed by atoms with E-state index in [9.17, 15) is 14.3 Å². The first-order chi connectivity index (χ1) is 11.6. The van der Waals surface area contributed by atoms with Gasteiger partial charge in [-0.15, -0.1) is 0 Å². The Hall–Kier alpha value is -2.28. The summed E-state index contributed by atoms with van der Waals surface area (Å²) in [4.78, 5) is 17.8. The van der Waals surface area contributed by atoms with Gasteiger partial charge in [-0.2, -0.15) is 5.10 Å². The van der Waals surface area contributed by atoms with E-state index in [1.807, 2.05) is 0 Å². The Balaban J connectivity index is 1.51. The number of piperidine rings is 1. The third-order valence-corrected chi connectivity index (χ3v) is 4.55. The largest absolute Gasteiger partial charge is 0.389 e. The summed E-state index contributed by atoms with van der Waals surface area (Å²) >= 11 is 0. The summed E-state index contributed by atoms with van der Waals surface area (Å²) in [5, 5.41) is 14.7. The molecule has 1 aliphatic heterocycles. The average Bonchev–Trinajstić information content (AvgIpc) is 3.09. The van der Waals surface area contributed by atoms with Crippen molar-refractivity contribution in [1.82, 2.24) is 19.7 Å². The Morgan fingerprint density at radius 3 is 2.71 bits per heavy atom. The first-order valence-electron chi connectivity index (χ1n) is 8.12. The van der Waals surface area contributed by atoms with Crippen LogP contribution in [0.3, 0.4) is 0 Å². The van der Waals surface area contributed by atoms with Crippen LogP contribution in [-0.2, 0) is 17.8 Å². The van der Waals surface area contributed by atoms with Gasteiger partial charge in [0.25, 0.3) is 0 Å². The molecule has 24 heavy (non-hydrogen) atoms. The Morgan fingerprint density at radius 1 is 1.29 bits per heavy atom. The molecule has 0 bridgehead atoms. The van der Waals surface area contributed by atoms with E-state index in [4.69, 9.17) is 0 Å². The molecule has 2 aromatic rings. The number of halogens is 1. The smallest absolute Gasteiger partial charge is 0.224 e. The van der Waals surface area contributed by atoms with Gasteiger partial charge in [-0.05, 0) is 24.5 Å². The number of aliphatic hydroxyl groups is 1. The predicted octanol–water partition coefficient (Wildman–Crippen LogP) is 1.40. The summed E-state index contributed by atoms with van der Waals surface area (Å²) in [5.41, 5.74) is -0.434. The number of nitrogens with zero attached hydrogens (tertiary/aromatic N) is 4. The SMILES string of the molecule is O=C(CCn1cncn1)N1CCC(O)(Cc2ccccc2F)CC1. The van der Waals surface area contributed by atoms with E-state index in [1.54, 1.807) is 34.1 Å². The van der Waals surface area contributed by atoms with Crippen LogP contribution in [-0.4, -0.2) is 49.4 Å². The molecule has 2 heterocycles. The number of carbonyl (C=O) groups is 1. The monoisotopic (exact) mass is 332 g/mol. The summed E-state index contributed by atoms with van der Waals surface area (Å²) in [6.07, 6.45) is 4.56. The minimum absolute atomic E-state index is 0.0402. The lowest BCUT2D eigenvalue weighted by Crippen LogP contribution is -2.48. The molecule has 0 radical (unpaired) electrons.